The van der Waals surface area contributed by atoms with Gasteiger partial charge in [-0.1, -0.05) is 6.92 Å². The second-order valence-electron chi connectivity index (χ2n) is 4.98. The van der Waals surface area contributed by atoms with Crippen molar-refractivity contribution in [3.63, 3.8) is 0 Å². The number of hydrogen-bond donors (Lipinski definition) is 3. The Bertz CT molecular complexity index is 486. The average molecular weight is 276 g/mol. The Morgan fingerprint density at radius 2 is 2.15 bits per heavy atom. The van der Waals surface area contributed by atoms with Gasteiger partial charge in [-0.15, -0.1) is 0 Å². The fraction of sp³-hybridized carbons (Fsp3) is 0.429. The Morgan fingerprint density at radius 1 is 1.45 bits per heavy atom. The summed E-state index contributed by atoms with van der Waals surface area (Å²) in [5.41, 5.74) is 6.88. The van der Waals surface area contributed by atoms with Gasteiger partial charge < -0.3 is 16.4 Å². The predicted molar refractivity (Wildman–Crippen MR) is 77.7 cm³/mol. The highest BCUT2D eigenvalue weighted by molar-refractivity contribution is 5.96. The smallest absolute Gasteiger partial charge is 0.321 e. The summed E-state index contributed by atoms with van der Waals surface area (Å²) in [5, 5.41) is 5.58. The molecule has 1 saturated heterocycles. The Kier molecular flexibility index (Phi) is 4.57. The SMILES string of the molecule is CC(CN)CNC(=O)c1ccc(N2CCNC2=O)cc1. The highest BCUT2D eigenvalue weighted by Gasteiger charge is 2.21. The van der Waals surface area contributed by atoms with Crippen LogP contribution in [-0.4, -0.2) is 38.1 Å². The predicted octanol–water partition coefficient (Wildman–Crippen LogP) is 0.541. The van der Waals surface area contributed by atoms with Crippen molar-refractivity contribution in [1.29, 1.82) is 0 Å². The van der Waals surface area contributed by atoms with Gasteiger partial charge in [0.15, 0.2) is 0 Å². The molecule has 1 aliphatic heterocycles. The van der Waals surface area contributed by atoms with Gasteiger partial charge in [-0.3, -0.25) is 9.69 Å². The van der Waals surface area contributed by atoms with Crippen LogP contribution < -0.4 is 21.3 Å². The molecule has 2 rings (SSSR count). The molecule has 0 saturated carbocycles. The zero-order valence-corrected chi connectivity index (χ0v) is 11.6. The summed E-state index contributed by atoms with van der Waals surface area (Å²) in [6.45, 7) is 4.39. The number of hydrogen-bond acceptors (Lipinski definition) is 3. The molecule has 1 heterocycles. The van der Waals surface area contributed by atoms with Crippen LogP contribution in [0, 0.1) is 5.92 Å². The molecule has 0 spiro atoms. The first kappa shape index (κ1) is 14.3. The molecule has 6 nitrogen and oxygen atoms in total. The number of nitrogens with zero attached hydrogens (tertiary/aromatic N) is 1. The molecule has 1 atom stereocenters. The summed E-state index contributed by atoms with van der Waals surface area (Å²) in [4.78, 5) is 25.1. The van der Waals surface area contributed by atoms with Crippen LogP contribution in [0.4, 0.5) is 10.5 Å². The first-order valence-electron chi connectivity index (χ1n) is 6.75. The van der Waals surface area contributed by atoms with Crippen LogP contribution in [0.25, 0.3) is 0 Å². The van der Waals surface area contributed by atoms with E-state index >= 15 is 0 Å². The number of nitrogens with two attached hydrogens (primary N) is 1. The van der Waals surface area contributed by atoms with Gasteiger partial charge in [0.2, 0.25) is 0 Å². The third kappa shape index (κ3) is 3.27. The van der Waals surface area contributed by atoms with Gasteiger partial charge in [0.1, 0.15) is 0 Å². The standard InChI is InChI=1S/C14H20N4O2/c1-10(8-15)9-17-13(19)11-2-4-12(5-3-11)18-7-6-16-14(18)20/h2-5,10H,6-9,15H2,1H3,(H,16,20)(H,17,19). The maximum atomic E-state index is 11.9. The molecule has 20 heavy (non-hydrogen) atoms. The molecule has 0 bridgehead atoms. The highest BCUT2D eigenvalue weighted by atomic mass is 16.2. The quantitative estimate of drug-likeness (QED) is 0.733. The summed E-state index contributed by atoms with van der Waals surface area (Å²) < 4.78 is 0. The topological polar surface area (TPSA) is 87.5 Å². The summed E-state index contributed by atoms with van der Waals surface area (Å²) >= 11 is 0. The molecule has 3 amide bonds. The van der Waals surface area contributed by atoms with Crippen LogP contribution >= 0.6 is 0 Å². The Balaban J connectivity index is 1.97. The van der Waals surface area contributed by atoms with E-state index in [9.17, 15) is 9.59 Å². The number of urea groups is 1. The van der Waals surface area contributed by atoms with Gasteiger partial charge in [0, 0.05) is 30.9 Å². The second kappa shape index (κ2) is 6.38. The van der Waals surface area contributed by atoms with Crippen molar-refractivity contribution in [3.8, 4) is 0 Å². The first-order valence-corrected chi connectivity index (χ1v) is 6.75. The van der Waals surface area contributed by atoms with E-state index in [1.54, 1.807) is 29.2 Å². The molecular weight excluding hydrogens is 256 g/mol. The summed E-state index contributed by atoms with van der Waals surface area (Å²) in [6.07, 6.45) is 0. The molecular formula is C14H20N4O2. The van der Waals surface area contributed by atoms with Crippen LogP contribution in [0.2, 0.25) is 0 Å². The largest absolute Gasteiger partial charge is 0.352 e. The van der Waals surface area contributed by atoms with E-state index in [2.05, 4.69) is 10.6 Å². The fourth-order valence-corrected chi connectivity index (χ4v) is 1.96. The molecule has 1 aromatic rings. The van der Waals surface area contributed by atoms with Crippen molar-refractivity contribution in [2.75, 3.05) is 31.1 Å². The van der Waals surface area contributed by atoms with Crippen molar-refractivity contribution in [1.82, 2.24) is 10.6 Å². The molecule has 0 aliphatic carbocycles. The van der Waals surface area contributed by atoms with Crippen molar-refractivity contribution in [2.45, 2.75) is 6.92 Å². The molecule has 4 N–H and O–H groups in total. The molecule has 1 aromatic carbocycles. The summed E-state index contributed by atoms with van der Waals surface area (Å²) in [7, 11) is 0. The van der Waals surface area contributed by atoms with Gasteiger partial charge in [0.25, 0.3) is 5.91 Å². The van der Waals surface area contributed by atoms with Crippen molar-refractivity contribution in [3.05, 3.63) is 29.8 Å². The molecule has 0 aromatic heterocycles. The minimum absolute atomic E-state index is 0.0982. The lowest BCUT2D eigenvalue weighted by Gasteiger charge is -2.15. The molecule has 108 valence electrons. The lowest BCUT2D eigenvalue weighted by Crippen LogP contribution is -2.31. The van der Waals surface area contributed by atoms with Crippen LogP contribution in [0.3, 0.4) is 0 Å². The minimum atomic E-state index is -0.122. The maximum absolute atomic E-state index is 11.9. The van der Waals surface area contributed by atoms with Gasteiger partial charge >= 0.3 is 6.03 Å². The van der Waals surface area contributed by atoms with Crippen molar-refractivity contribution >= 4 is 17.6 Å². The monoisotopic (exact) mass is 276 g/mol. The number of carbonyl (C=O) groups is 2. The average Bonchev–Trinajstić information content (AvgIpc) is 2.90. The van der Waals surface area contributed by atoms with Crippen LogP contribution in [0.15, 0.2) is 24.3 Å². The number of carbonyl (C=O) groups excluding carboxylic acids is 2. The number of rotatable bonds is 5. The van der Waals surface area contributed by atoms with E-state index in [-0.39, 0.29) is 17.9 Å². The third-order valence-corrected chi connectivity index (χ3v) is 3.31. The maximum Gasteiger partial charge on any atom is 0.321 e. The Labute approximate surface area is 118 Å². The number of amides is 3. The van der Waals surface area contributed by atoms with Gasteiger partial charge in [-0.2, -0.15) is 0 Å². The van der Waals surface area contributed by atoms with Gasteiger partial charge in [0.05, 0.1) is 0 Å². The zero-order chi connectivity index (χ0) is 14.5. The Morgan fingerprint density at radius 3 is 2.70 bits per heavy atom. The number of nitrogens with one attached hydrogen (secondary N) is 2. The van der Waals surface area contributed by atoms with Crippen molar-refractivity contribution < 1.29 is 9.59 Å². The zero-order valence-electron chi connectivity index (χ0n) is 11.6. The van der Waals surface area contributed by atoms with Gasteiger partial charge in [-0.25, -0.2) is 4.79 Å². The van der Waals surface area contributed by atoms with E-state index < -0.39 is 0 Å². The van der Waals surface area contributed by atoms with Crippen molar-refractivity contribution in [2.24, 2.45) is 11.7 Å². The molecule has 1 aliphatic rings. The normalized spacial score (nSPS) is 15.9. The third-order valence-electron chi connectivity index (χ3n) is 3.31. The van der Waals surface area contributed by atoms with E-state index in [1.807, 2.05) is 6.92 Å². The minimum Gasteiger partial charge on any atom is -0.352 e. The van der Waals surface area contributed by atoms with Crippen LogP contribution in [0.5, 0.6) is 0 Å². The lowest BCUT2D eigenvalue weighted by atomic mass is 10.1. The molecule has 1 unspecified atom stereocenters. The number of benzene rings is 1. The number of anilines is 1. The molecule has 1 fully saturated rings. The Hall–Kier alpha value is -2.08. The summed E-state index contributed by atoms with van der Waals surface area (Å²) in [6, 6.07) is 6.92. The van der Waals surface area contributed by atoms with Crippen LogP contribution in [0.1, 0.15) is 17.3 Å². The molecule has 6 heteroatoms. The van der Waals surface area contributed by atoms with Gasteiger partial charge in [-0.05, 0) is 36.7 Å². The van der Waals surface area contributed by atoms with E-state index in [0.717, 1.165) is 5.69 Å². The second-order valence-corrected chi connectivity index (χ2v) is 4.98. The van der Waals surface area contributed by atoms with E-state index in [4.69, 9.17) is 5.73 Å². The highest BCUT2D eigenvalue weighted by Crippen LogP contribution is 2.17. The van der Waals surface area contributed by atoms with Crippen LogP contribution in [-0.2, 0) is 0 Å². The summed E-state index contributed by atoms with van der Waals surface area (Å²) in [5.74, 6) is 0.134. The van der Waals surface area contributed by atoms with E-state index in [0.29, 0.717) is 31.7 Å². The fourth-order valence-electron chi connectivity index (χ4n) is 1.96. The first-order chi connectivity index (χ1) is 9.61. The lowest BCUT2D eigenvalue weighted by molar-refractivity contribution is 0.0948. The molecule has 0 radical (unpaired) electrons. The van der Waals surface area contributed by atoms with E-state index in [1.165, 1.54) is 0 Å².